The third kappa shape index (κ3) is 4.73. The van der Waals surface area contributed by atoms with Gasteiger partial charge in [0.05, 0.1) is 13.2 Å². The van der Waals surface area contributed by atoms with E-state index in [4.69, 9.17) is 9.47 Å². The van der Waals surface area contributed by atoms with E-state index in [9.17, 15) is 9.59 Å². The van der Waals surface area contributed by atoms with Gasteiger partial charge in [0, 0.05) is 0 Å². The second-order valence-electron chi connectivity index (χ2n) is 4.33. The number of rotatable bonds is 7. The molecule has 0 unspecified atom stereocenters. The average Bonchev–Trinajstić information content (AvgIpc) is 2.26. The van der Waals surface area contributed by atoms with Gasteiger partial charge in [0.25, 0.3) is 0 Å². The van der Waals surface area contributed by atoms with Crippen molar-refractivity contribution in [1.82, 2.24) is 4.90 Å². The number of hydrogen-bond donors (Lipinski definition) is 0. The molecule has 0 atom stereocenters. The van der Waals surface area contributed by atoms with E-state index in [1.165, 1.54) is 0 Å². The van der Waals surface area contributed by atoms with Crippen LogP contribution in [-0.2, 0) is 19.1 Å². The Kier molecular flexibility index (Phi) is 6.80. The van der Waals surface area contributed by atoms with Crippen LogP contribution in [0.2, 0.25) is 0 Å². The van der Waals surface area contributed by atoms with Crippen molar-refractivity contribution in [3.8, 4) is 0 Å². The molecule has 0 aromatic heterocycles. The first-order chi connectivity index (χ1) is 7.88. The van der Waals surface area contributed by atoms with Crippen LogP contribution in [0, 0.1) is 5.41 Å². The molecule has 0 aliphatic heterocycles. The maximum Gasteiger partial charge on any atom is 0.323 e. The summed E-state index contributed by atoms with van der Waals surface area (Å²) in [6.45, 7) is 6.15. The largest absolute Gasteiger partial charge is 0.465 e. The van der Waals surface area contributed by atoms with Crippen LogP contribution in [0.15, 0.2) is 0 Å². The van der Waals surface area contributed by atoms with E-state index >= 15 is 0 Å². The average molecular weight is 245 g/mol. The zero-order valence-corrected chi connectivity index (χ0v) is 11.4. The summed E-state index contributed by atoms with van der Waals surface area (Å²) in [5.74, 6) is -1.03. The van der Waals surface area contributed by atoms with Crippen molar-refractivity contribution in [2.75, 3.05) is 33.9 Å². The molecule has 0 saturated carbocycles. The number of carbonyl (C=O) groups excluding carboxylic acids is 2. The lowest BCUT2D eigenvalue weighted by molar-refractivity contribution is -0.171. The lowest BCUT2D eigenvalue weighted by Gasteiger charge is -2.26. The Morgan fingerprint density at radius 2 is 1.47 bits per heavy atom. The van der Waals surface area contributed by atoms with Crippen molar-refractivity contribution < 1.29 is 19.1 Å². The molecule has 0 aliphatic rings. The molecule has 0 rings (SSSR count). The monoisotopic (exact) mass is 245 g/mol. The molecule has 0 aliphatic carbocycles. The second-order valence-corrected chi connectivity index (χ2v) is 4.33. The maximum atomic E-state index is 11.9. The molecule has 0 saturated heterocycles. The fourth-order valence-corrected chi connectivity index (χ4v) is 1.32. The quantitative estimate of drug-likeness (QED) is 0.496. The number of nitrogens with zero attached hydrogens (tertiary/aromatic N) is 1. The first-order valence-electron chi connectivity index (χ1n) is 5.87. The van der Waals surface area contributed by atoms with Crippen LogP contribution in [0.3, 0.4) is 0 Å². The summed E-state index contributed by atoms with van der Waals surface area (Å²) in [7, 11) is 3.77. The van der Waals surface area contributed by atoms with E-state index in [1.54, 1.807) is 20.8 Å². The highest BCUT2D eigenvalue weighted by Gasteiger charge is 2.43. The van der Waals surface area contributed by atoms with E-state index in [1.807, 2.05) is 19.0 Å². The zero-order valence-electron chi connectivity index (χ0n) is 11.4. The van der Waals surface area contributed by atoms with Gasteiger partial charge < -0.3 is 14.4 Å². The first kappa shape index (κ1) is 15.9. The van der Waals surface area contributed by atoms with Crippen molar-refractivity contribution in [1.29, 1.82) is 0 Å². The van der Waals surface area contributed by atoms with Crippen LogP contribution in [0.1, 0.15) is 27.2 Å². The normalized spacial score (nSPS) is 11.4. The maximum absolute atomic E-state index is 11.9. The summed E-state index contributed by atoms with van der Waals surface area (Å²) in [5.41, 5.74) is -1.21. The Morgan fingerprint density at radius 3 is 1.76 bits per heavy atom. The van der Waals surface area contributed by atoms with Crippen LogP contribution in [0.4, 0.5) is 0 Å². The number of esters is 2. The molecule has 0 aromatic rings. The molecule has 100 valence electrons. The summed E-state index contributed by atoms with van der Waals surface area (Å²) < 4.78 is 9.90. The van der Waals surface area contributed by atoms with Crippen molar-refractivity contribution >= 4 is 11.9 Å². The van der Waals surface area contributed by atoms with Crippen molar-refractivity contribution in [2.45, 2.75) is 27.2 Å². The molecule has 5 nitrogen and oxygen atoms in total. The minimum Gasteiger partial charge on any atom is -0.465 e. The molecule has 5 heteroatoms. The zero-order chi connectivity index (χ0) is 13.5. The molecule has 0 N–H and O–H groups in total. The highest BCUT2D eigenvalue weighted by Crippen LogP contribution is 2.25. The highest BCUT2D eigenvalue weighted by molar-refractivity contribution is 5.99. The molecule has 0 amide bonds. The van der Waals surface area contributed by atoms with Gasteiger partial charge in [0.15, 0.2) is 5.41 Å². The van der Waals surface area contributed by atoms with E-state index in [0.29, 0.717) is 13.0 Å². The fraction of sp³-hybridized carbons (Fsp3) is 0.833. The number of carbonyl (C=O) groups is 2. The summed E-state index contributed by atoms with van der Waals surface area (Å²) >= 11 is 0. The van der Waals surface area contributed by atoms with Gasteiger partial charge in [-0.2, -0.15) is 0 Å². The predicted molar refractivity (Wildman–Crippen MR) is 64.5 cm³/mol. The molecule has 0 radical (unpaired) electrons. The van der Waals surface area contributed by atoms with Crippen LogP contribution in [0.5, 0.6) is 0 Å². The van der Waals surface area contributed by atoms with Crippen LogP contribution in [-0.4, -0.2) is 50.7 Å². The topological polar surface area (TPSA) is 55.8 Å². The minimum atomic E-state index is -1.21. The van der Waals surface area contributed by atoms with Gasteiger partial charge in [0.1, 0.15) is 0 Å². The highest BCUT2D eigenvalue weighted by atomic mass is 16.6. The third-order valence-electron chi connectivity index (χ3n) is 2.51. The Morgan fingerprint density at radius 1 is 1.06 bits per heavy atom. The Balaban J connectivity index is 4.79. The van der Waals surface area contributed by atoms with Crippen LogP contribution in [0.25, 0.3) is 0 Å². The lowest BCUT2D eigenvalue weighted by Crippen LogP contribution is -2.41. The lowest BCUT2D eigenvalue weighted by atomic mass is 9.86. The number of ether oxygens (including phenoxy) is 2. The standard InChI is InChI=1S/C12H23NO4/c1-6-16-10(14)12(3,8-9-13(4)5)11(15)17-7-2/h6-9H2,1-5H3. The molecule has 0 bridgehead atoms. The van der Waals surface area contributed by atoms with Crippen molar-refractivity contribution in [2.24, 2.45) is 5.41 Å². The first-order valence-corrected chi connectivity index (χ1v) is 5.87. The van der Waals surface area contributed by atoms with Crippen LogP contribution >= 0.6 is 0 Å². The third-order valence-corrected chi connectivity index (χ3v) is 2.51. The number of hydrogen-bond acceptors (Lipinski definition) is 5. The predicted octanol–water partition coefficient (Wildman–Crippen LogP) is 1.07. The Labute approximate surface area is 103 Å². The van der Waals surface area contributed by atoms with Crippen molar-refractivity contribution in [3.05, 3.63) is 0 Å². The summed E-state index contributed by atoms with van der Waals surface area (Å²) in [6, 6.07) is 0. The summed E-state index contributed by atoms with van der Waals surface area (Å²) in [6.07, 6.45) is 0.387. The fourth-order valence-electron chi connectivity index (χ4n) is 1.32. The SMILES string of the molecule is CCOC(=O)C(C)(CCN(C)C)C(=O)OCC. The molecule has 17 heavy (non-hydrogen) atoms. The van der Waals surface area contributed by atoms with Crippen LogP contribution < -0.4 is 0 Å². The van der Waals surface area contributed by atoms with E-state index in [2.05, 4.69) is 0 Å². The Bertz CT molecular complexity index is 245. The van der Waals surface area contributed by atoms with E-state index < -0.39 is 17.4 Å². The van der Waals surface area contributed by atoms with Crippen molar-refractivity contribution in [3.63, 3.8) is 0 Å². The molecule has 0 fully saturated rings. The summed E-state index contributed by atoms with van der Waals surface area (Å²) in [5, 5.41) is 0. The molecular formula is C12H23NO4. The van der Waals surface area contributed by atoms with E-state index in [0.717, 1.165) is 0 Å². The summed E-state index contributed by atoms with van der Waals surface area (Å²) in [4.78, 5) is 25.6. The van der Waals surface area contributed by atoms with E-state index in [-0.39, 0.29) is 13.2 Å². The molecule has 0 spiro atoms. The molecule has 0 aromatic carbocycles. The smallest absolute Gasteiger partial charge is 0.323 e. The van der Waals surface area contributed by atoms with Gasteiger partial charge >= 0.3 is 11.9 Å². The van der Waals surface area contributed by atoms with Gasteiger partial charge in [0.2, 0.25) is 0 Å². The molecular weight excluding hydrogens is 222 g/mol. The van der Waals surface area contributed by atoms with Gasteiger partial charge in [-0.1, -0.05) is 0 Å². The molecule has 0 heterocycles. The Hall–Kier alpha value is -1.10. The van der Waals surface area contributed by atoms with Gasteiger partial charge in [-0.3, -0.25) is 9.59 Å². The van der Waals surface area contributed by atoms with Gasteiger partial charge in [-0.05, 0) is 47.8 Å². The van der Waals surface area contributed by atoms with Gasteiger partial charge in [-0.15, -0.1) is 0 Å². The minimum absolute atomic E-state index is 0.260. The van der Waals surface area contributed by atoms with Gasteiger partial charge in [-0.25, -0.2) is 0 Å². The second kappa shape index (κ2) is 7.27.